The second kappa shape index (κ2) is 7.32. The molecule has 1 amide bonds. The molecule has 122 valence electrons. The first-order valence-electron chi connectivity index (χ1n) is 7.94. The fourth-order valence-electron chi connectivity index (χ4n) is 2.52. The maximum atomic E-state index is 12.3. The minimum Gasteiger partial charge on any atom is -0.481 e. The van der Waals surface area contributed by atoms with Gasteiger partial charge < -0.3 is 10.1 Å². The number of nitrogens with one attached hydrogen (secondary N) is 1. The smallest absolute Gasteiger partial charge is 0.261 e. The van der Waals surface area contributed by atoms with Gasteiger partial charge in [-0.3, -0.25) is 4.79 Å². The number of carbonyl (C=O) groups excluding carboxylic acids is 1. The third-order valence-corrected chi connectivity index (χ3v) is 3.99. The molecule has 0 bridgehead atoms. The predicted octanol–water partition coefficient (Wildman–Crippen LogP) is 4.00. The monoisotopic (exact) mass is 311 g/mol. The highest BCUT2D eigenvalue weighted by Gasteiger charge is 2.16. The lowest BCUT2D eigenvalue weighted by atomic mass is 10.1. The molecule has 1 unspecified atom stereocenters. The molecule has 0 aliphatic heterocycles. The Kier molecular flexibility index (Phi) is 5.43. The average molecular weight is 311 g/mol. The summed E-state index contributed by atoms with van der Waals surface area (Å²) in [5, 5.41) is 2.93. The van der Waals surface area contributed by atoms with Crippen LogP contribution in [0.4, 0.5) is 0 Å². The van der Waals surface area contributed by atoms with Gasteiger partial charge in [-0.2, -0.15) is 0 Å². The van der Waals surface area contributed by atoms with E-state index in [9.17, 15) is 4.79 Å². The van der Waals surface area contributed by atoms with E-state index >= 15 is 0 Å². The van der Waals surface area contributed by atoms with Crippen molar-refractivity contribution in [2.24, 2.45) is 0 Å². The number of benzene rings is 2. The van der Waals surface area contributed by atoms with E-state index in [1.807, 2.05) is 45.0 Å². The first-order chi connectivity index (χ1) is 10.9. The molecule has 0 aromatic heterocycles. The quantitative estimate of drug-likeness (QED) is 0.906. The highest BCUT2D eigenvalue weighted by Crippen LogP contribution is 2.24. The first-order valence-corrected chi connectivity index (χ1v) is 7.94. The molecular weight excluding hydrogens is 286 g/mol. The zero-order valence-electron chi connectivity index (χ0n) is 14.6. The second-order valence-corrected chi connectivity index (χ2v) is 6.17. The van der Waals surface area contributed by atoms with Crippen molar-refractivity contribution in [1.82, 2.24) is 5.32 Å². The lowest BCUT2D eigenvalue weighted by Crippen LogP contribution is -2.36. The molecule has 3 nitrogen and oxygen atoms in total. The summed E-state index contributed by atoms with van der Waals surface area (Å²) in [5.41, 5.74) is 5.66. The van der Waals surface area contributed by atoms with Crippen molar-refractivity contribution in [3.63, 3.8) is 0 Å². The van der Waals surface area contributed by atoms with Gasteiger partial charge in [-0.05, 0) is 62.9 Å². The zero-order chi connectivity index (χ0) is 17.0. The number of amides is 1. The predicted molar refractivity (Wildman–Crippen MR) is 93.8 cm³/mol. The van der Waals surface area contributed by atoms with Gasteiger partial charge in [0.05, 0.1) is 0 Å². The topological polar surface area (TPSA) is 38.3 Å². The van der Waals surface area contributed by atoms with Gasteiger partial charge in [0, 0.05) is 6.54 Å². The van der Waals surface area contributed by atoms with Crippen LogP contribution in [0.15, 0.2) is 36.4 Å². The van der Waals surface area contributed by atoms with E-state index in [-0.39, 0.29) is 5.91 Å². The molecule has 0 saturated carbocycles. The maximum absolute atomic E-state index is 12.3. The number of hydrogen-bond donors (Lipinski definition) is 1. The Balaban J connectivity index is 1.98. The molecule has 0 heterocycles. The standard InChI is InChI=1S/C20H25NO2/c1-13-7-6-8-18(10-13)12-21-20(22)17(5)23-19-11-14(2)9-15(3)16(19)4/h6-11,17H,12H2,1-5H3,(H,21,22). The van der Waals surface area contributed by atoms with Crippen molar-refractivity contribution in [3.8, 4) is 5.75 Å². The Bertz CT molecular complexity index is 707. The van der Waals surface area contributed by atoms with E-state index in [2.05, 4.69) is 24.4 Å². The summed E-state index contributed by atoms with van der Waals surface area (Å²) in [7, 11) is 0. The van der Waals surface area contributed by atoms with E-state index in [4.69, 9.17) is 4.74 Å². The summed E-state index contributed by atoms with van der Waals surface area (Å²) < 4.78 is 5.87. The van der Waals surface area contributed by atoms with Crippen LogP contribution in [0.3, 0.4) is 0 Å². The Morgan fingerprint density at radius 1 is 1.09 bits per heavy atom. The molecule has 0 aliphatic carbocycles. The van der Waals surface area contributed by atoms with Crippen LogP contribution in [0.25, 0.3) is 0 Å². The fourth-order valence-corrected chi connectivity index (χ4v) is 2.52. The summed E-state index contributed by atoms with van der Waals surface area (Å²) in [5.74, 6) is 0.672. The summed E-state index contributed by atoms with van der Waals surface area (Å²) >= 11 is 0. The minimum absolute atomic E-state index is 0.106. The molecule has 0 saturated heterocycles. The fraction of sp³-hybridized carbons (Fsp3) is 0.350. The molecule has 1 atom stereocenters. The molecule has 0 spiro atoms. The summed E-state index contributed by atoms with van der Waals surface area (Å²) in [4.78, 5) is 12.3. The van der Waals surface area contributed by atoms with Crippen LogP contribution < -0.4 is 10.1 Å². The molecule has 0 fully saturated rings. The highest BCUT2D eigenvalue weighted by molar-refractivity contribution is 5.80. The molecule has 2 rings (SSSR count). The molecule has 1 N–H and O–H groups in total. The number of aryl methyl sites for hydroxylation is 3. The Morgan fingerprint density at radius 3 is 2.52 bits per heavy atom. The third-order valence-electron chi connectivity index (χ3n) is 3.99. The van der Waals surface area contributed by atoms with E-state index in [0.717, 1.165) is 22.4 Å². The average Bonchev–Trinajstić information content (AvgIpc) is 2.49. The van der Waals surface area contributed by atoms with Crippen molar-refractivity contribution < 1.29 is 9.53 Å². The molecule has 3 heteroatoms. The van der Waals surface area contributed by atoms with E-state index in [1.54, 1.807) is 6.92 Å². The van der Waals surface area contributed by atoms with Crippen LogP contribution >= 0.6 is 0 Å². The third kappa shape index (κ3) is 4.59. The van der Waals surface area contributed by atoms with Gasteiger partial charge in [0.15, 0.2) is 6.10 Å². The number of hydrogen-bond acceptors (Lipinski definition) is 2. The molecular formula is C20H25NO2. The van der Waals surface area contributed by atoms with Crippen molar-refractivity contribution in [2.45, 2.75) is 47.3 Å². The number of ether oxygens (including phenoxy) is 1. The van der Waals surface area contributed by atoms with Gasteiger partial charge in [0.1, 0.15) is 5.75 Å². The van der Waals surface area contributed by atoms with Crippen LogP contribution in [0.5, 0.6) is 5.75 Å². The van der Waals surface area contributed by atoms with Crippen molar-refractivity contribution in [1.29, 1.82) is 0 Å². The summed E-state index contributed by atoms with van der Waals surface area (Å²) in [6, 6.07) is 12.2. The highest BCUT2D eigenvalue weighted by atomic mass is 16.5. The molecule has 2 aromatic rings. The van der Waals surface area contributed by atoms with Gasteiger partial charge in [-0.15, -0.1) is 0 Å². The van der Waals surface area contributed by atoms with Crippen LogP contribution in [-0.4, -0.2) is 12.0 Å². The van der Waals surface area contributed by atoms with E-state index < -0.39 is 6.10 Å². The molecule has 0 aliphatic rings. The Hall–Kier alpha value is -2.29. The van der Waals surface area contributed by atoms with E-state index in [1.165, 1.54) is 11.1 Å². The van der Waals surface area contributed by atoms with Gasteiger partial charge in [-0.1, -0.05) is 35.9 Å². The van der Waals surface area contributed by atoms with Gasteiger partial charge in [0.2, 0.25) is 0 Å². The largest absolute Gasteiger partial charge is 0.481 e. The minimum atomic E-state index is -0.528. The SMILES string of the molecule is Cc1cccc(CNC(=O)C(C)Oc2cc(C)cc(C)c2C)c1. The van der Waals surface area contributed by atoms with Gasteiger partial charge in [0.25, 0.3) is 5.91 Å². The zero-order valence-corrected chi connectivity index (χ0v) is 14.6. The van der Waals surface area contributed by atoms with Crippen molar-refractivity contribution in [2.75, 3.05) is 0 Å². The number of carbonyl (C=O) groups is 1. The lowest BCUT2D eigenvalue weighted by Gasteiger charge is -2.18. The van der Waals surface area contributed by atoms with Crippen molar-refractivity contribution in [3.05, 3.63) is 64.2 Å². The number of rotatable bonds is 5. The van der Waals surface area contributed by atoms with Crippen LogP contribution in [0.2, 0.25) is 0 Å². The second-order valence-electron chi connectivity index (χ2n) is 6.17. The molecule has 2 aromatic carbocycles. The van der Waals surface area contributed by atoms with Crippen LogP contribution in [-0.2, 0) is 11.3 Å². The van der Waals surface area contributed by atoms with E-state index in [0.29, 0.717) is 6.54 Å². The molecule has 0 radical (unpaired) electrons. The maximum Gasteiger partial charge on any atom is 0.261 e. The lowest BCUT2D eigenvalue weighted by molar-refractivity contribution is -0.127. The van der Waals surface area contributed by atoms with Gasteiger partial charge in [-0.25, -0.2) is 0 Å². The first kappa shape index (κ1) is 17.1. The van der Waals surface area contributed by atoms with Crippen LogP contribution in [0, 0.1) is 27.7 Å². The van der Waals surface area contributed by atoms with Crippen molar-refractivity contribution >= 4 is 5.91 Å². The normalized spacial score (nSPS) is 11.9. The summed E-state index contributed by atoms with van der Waals surface area (Å²) in [6.07, 6.45) is -0.528. The van der Waals surface area contributed by atoms with Gasteiger partial charge >= 0.3 is 0 Å². The van der Waals surface area contributed by atoms with Crippen LogP contribution in [0.1, 0.15) is 34.7 Å². The Labute approximate surface area is 138 Å². The Morgan fingerprint density at radius 2 is 1.83 bits per heavy atom. The summed E-state index contributed by atoms with van der Waals surface area (Å²) in [6.45, 7) is 10.4. The molecule has 23 heavy (non-hydrogen) atoms.